The summed E-state index contributed by atoms with van der Waals surface area (Å²) in [5, 5.41) is -0.348. The highest BCUT2D eigenvalue weighted by Crippen LogP contribution is 2.32. The number of hydrogen-bond acceptors (Lipinski definition) is 4. The third-order valence-corrected chi connectivity index (χ3v) is 4.25. The third kappa shape index (κ3) is 3.83. The lowest BCUT2D eigenvalue weighted by atomic mass is 10.2. The van der Waals surface area contributed by atoms with Gasteiger partial charge in [0.25, 0.3) is 11.1 Å². The number of amides is 2. The predicted molar refractivity (Wildman–Crippen MR) is 91.0 cm³/mol. The van der Waals surface area contributed by atoms with Gasteiger partial charge in [0, 0.05) is 0 Å². The van der Waals surface area contributed by atoms with E-state index in [-0.39, 0.29) is 35.0 Å². The molecule has 0 bridgehead atoms. The number of halogens is 1. The van der Waals surface area contributed by atoms with Crippen molar-refractivity contribution in [3.05, 3.63) is 70.9 Å². The van der Waals surface area contributed by atoms with Crippen LogP contribution in [0, 0.1) is 5.82 Å². The average Bonchev–Trinajstić information content (AvgIpc) is 2.83. The lowest BCUT2D eigenvalue weighted by Crippen LogP contribution is -2.32. The summed E-state index contributed by atoms with van der Waals surface area (Å²) >= 11 is 0.849. The van der Waals surface area contributed by atoms with Crippen molar-refractivity contribution in [2.24, 2.45) is 0 Å². The Morgan fingerprint density at radius 1 is 1.08 bits per heavy atom. The van der Waals surface area contributed by atoms with E-state index in [1.165, 1.54) is 18.2 Å². The number of nitrogens with zero attached hydrogens (tertiary/aromatic N) is 1. The largest absolute Gasteiger partial charge is 0.492 e. The van der Waals surface area contributed by atoms with Crippen LogP contribution in [0.5, 0.6) is 5.75 Å². The highest BCUT2D eigenvalue weighted by molar-refractivity contribution is 8.18. The van der Waals surface area contributed by atoms with Crippen molar-refractivity contribution < 1.29 is 18.7 Å². The number of ether oxygens (including phenoxy) is 1. The molecule has 0 aromatic heterocycles. The van der Waals surface area contributed by atoms with Crippen molar-refractivity contribution in [1.29, 1.82) is 0 Å². The number of rotatable bonds is 5. The first-order valence-corrected chi connectivity index (χ1v) is 8.14. The summed E-state index contributed by atoms with van der Waals surface area (Å²) in [6, 6.07) is 15.0. The highest BCUT2D eigenvalue weighted by Gasteiger charge is 2.34. The molecule has 1 fully saturated rings. The molecule has 0 atom stereocenters. The molecule has 0 radical (unpaired) electrons. The van der Waals surface area contributed by atoms with Crippen LogP contribution in [0.4, 0.5) is 9.18 Å². The predicted octanol–water partition coefficient (Wildman–Crippen LogP) is 3.94. The van der Waals surface area contributed by atoms with E-state index in [9.17, 15) is 14.0 Å². The van der Waals surface area contributed by atoms with Crippen LogP contribution in [0.2, 0.25) is 0 Å². The van der Waals surface area contributed by atoms with Crippen molar-refractivity contribution in [1.82, 2.24) is 4.90 Å². The summed E-state index contributed by atoms with van der Waals surface area (Å²) in [5.41, 5.74) is 0.543. The van der Waals surface area contributed by atoms with Crippen molar-refractivity contribution >= 4 is 29.0 Å². The van der Waals surface area contributed by atoms with Crippen LogP contribution in [0.1, 0.15) is 5.56 Å². The van der Waals surface area contributed by atoms with E-state index in [1.54, 1.807) is 24.3 Å². The molecule has 4 nitrogen and oxygen atoms in total. The van der Waals surface area contributed by atoms with E-state index in [4.69, 9.17) is 4.74 Å². The van der Waals surface area contributed by atoms with Gasteiger partial charge in [-0.15, -0.1) is 0 Å². The SMILES string of the molecule is O=C1S/C(=C/c2cccc(F)c2)C(=O)N1CCOc1ccccc1. The topological polar surface area (TPSA) is 46.6 Å². The van der Waals surface area contributed by atoms with E-state index in [1.807, 2.05) is 18.2 Å². The van der Waals surface area contributed by atoms with Crippen molar-refractivity contribution in [2.75, 3.05) is 13.2 Å². The number of thioether (sulfide) groups is 1. The second-order valence-corrected chi connectivity index (χ2v) is 6.04. The number of hydrogen-bond donors (Lipinski definition) is 0. The minimum atomic E-state index is -0.390. The zero-order chi connectivity index (χ0) is 16.9. The molecular formula is C18H14FNO3S. The Morgan fingerprint density at radius 3 is 2.62 bits per heavy atom. The summed E-state index contributed by atoms with van der Waals surface area (Å²) in [5.74, 6) is -0.0927. The number of para-hydroxylation sites is 1. The van der Waals surface area contributed by atoms with Crippen LogP contribution in [-0.4, -0.2) is 29.2 Å². The molecule has 1 aliphatic heterocycles. The molecule has 24 heavy (non-hydrogen) atoms. The van der Waals surface area contributed by atoms with Crippen molar-refractivity contribution in [3.8, 4) is 5.75 Å². The molecular weight excluding hydrogens is 329 g/mol. The number of benzene rings is 2. The van der Waals surface area contributed by atoms with E-state index in [2.05, 4.69) is 0 Å². The highest BCUT2D eigenvalue weighted by atomic mass is 32.2. The molecule has 2 aromatic carbocycles. The quantitative estimate of drug-likeness (QED) is 0.772. The third-order valence-electron chi connectivity index (χ3n) is 3.35. The standard InChI is InChI=1S/C18H14FNO3S/c19-14-6-4-5-13(11-14)12-16-17(21)20(18(22)24-16)9-10-23-15-7-2-1-3-8-15/h1-8,11-12H,9-10H2/b16-12+. The van der Waals surface area contributed by atoms with Crippen LogP contribution in [0.25, 0.3) is 6.08 Å². The first-order valence-electron chi connectivity index (χ1n) is 7.32. The lowest BCUT2D eigenvalue weighted by molar-refractivity contribution is -0.123. The molecule has 0 spiro atoms. The van der Waals surface area contributed by atoms with Crippen LogP contribution in [0.15, 0.2) is 59.5 Å². The molecule has 3 rings (SSSR count). The van der Waals surface area contributed by atoms with Crippen LogP contribution in [0.3, 0.4) is 0 Å². The van der Waals surface area contributed by atoms with Gasteiger partial charge in [0.1, 0.15) is 18.2 Å². The monoisotopic (exact) mass is 343 g/mol. The Hall–Kier alpha value is -2.60. The molecule has 0 unspecified atom stereocenters. The molecule has 0 aliphatic carbocycles. The molecule has 1 heterocycles. The second kappa shape index (κ2) is 7.31. The van der Waals surface area contributed by atoms with Gasteiger partial charge in [0.05, 0.1) is 11.4 Å². The maximum Gasteiger partial charge on any atom is 0.293 e. The first-order chi connectivity index (χ1) is 11.6. The number of carbonyl (C=O) groups excluding carboxylic acids is 2. The Balaban J connectivity index is 1.63. The summed E-state index contributed by atoms with van der Waals surface area (Å²) < 4.78 is 18.7. The van der Waals surface area contributed by atoms with E-state index in [0.29, 0.717) is 11.3 Å². The van der Waals surface area contributed by atoms with E-state index in [0.717, 1.165) is 16.7 Å². The van der Waals surface area contributed by atoms with Crippen LogP contribution >= 0.6 is 11.8 Å². The number of carbonyl (C=O) groups is 2. The molecule has 2 aromatic rings. The molecule has 2 amide bonds. The normalized spacial score (nSPS) is 16.0. The zero-order valence-electron chi connectivity index (χ0n) is 12.6. The van der Waals surface area contributed by atoms with Crippen LogP contribution in [-0.2, 0) is 4.79 Å². The fourth-order valence-electron chi connectivity index (χ4n) is 2.21. The van der Waals surface area contributed by atoms with Gasteiger partial charge in [-0.25, -0.2) is 4.39 Å². The maximum absolute atomic E-state index is 13.2. The summed E-state index contributed by atoms with van der Waals surface area (Å²) in [4.78, 5) is 25.7. The van der Waals surface area contributed by atoms with Gasteiger partial charge < -0.3 is 4.74 Å². The van der Waals surface area contributed by atoms with Gasteiger partial charge in [0.2, 0.25) is 0 Å². The molecule has 0 N–H and O–H groups in total. The van der Waals surface area contributed by atoms with Crippen LogP contribution < -0.4 is 4.74 Å². The fourth-order valence-corrected chi connectivity index (χ4v) is 3.08. The minimum absolute atomic E-state index is 0.167. The van der Waals surface area contributed by atoms with Gasteiger partial charge in [0.15, 0.2) is 0 Å². The second-order valence-electron chi connectivity index (χ2n) is 5.05. The molecule has 1 aliphatic rings. The van der Waals surface area contributed by atoms with Crippen molar-refractivity contribution in [2.45, 2.75) is 0 Å². The minimum Gasteiger partial charge on any atom is -0.492 e. The summed E-state index contributed by atoms with van der Waals surface area (Å²) in [6.45, 7) is 0.384. The number of imide groups is 1. The fraction of sp³-hybridized carbons (Fsp3) is 0.111. The molecule has 6 heteroatoms. The lowest BCUT2D eigenvalue weighted by Gasteiger charge is -2.13. The molecule has 0 saturated carbocycles. The smallest absolute Gasteiger partial charge is 0.293 e. The van der Waals surface area contributed by atoms with Gasteiger partial charge in [-0.2, -0.15) is 0 Å². The Labute approximate surface area is 142 Å². The van der Waals surface area contributed by atoms with Gasteiger partial charge in [-0.1, -0.05) is 30.3 Å². The van der Waals surface area contributed by atoms with E-state index >= 15 is 0 Å². The average molecular weight is 343 g/mol. The first kappa shape index (κ1) is 16.3. The molecule has 1 saturated heterocycles. The van der Waals surface area contributed by atoms with Crippen molar-refractivity contribution in [3.63, 3.8) is 0 Å². The van der Waals surface area contributed by atoms with Gasteiger partial charge in [-0.05, 0) is 47.7 Å². The Kier molecular flexibility index (Phi) is 4.96. The molecule has 122 valence electrons. The Morgan fingerprint density at radius 2 is 1.88 bits per heavy atom. The summed E-state index contributed by atoms with van der Waals surface area (Å²) in [7, 11) is 0. The summed E-state index contributed by atoms with van der Waals surface area (Å²) in [6.07, 6.45) is 1.52. The van der Waals surface area contributed by atoms with E-state index < -0.39 is 0 Å². The van der Waals surface area contributed by atoms with Gasteiger partial charge in [-0.3, -0.25) is 14.5 Å². The Bertz CT molecular complexity index is 792. The maximum atomic E-state index is 13.2. The van der Waals surface area contributed by atoms with Gasteiger partial charge >= 0.3 is 0 Å². The zero-order valence-corrected chi connectivity index (χ0v) is 13.5.